The first kappa shape index (κ1) is 21.0. The van der Waals surface area contributed by atoms with E-state index in [0.29, 0.717) is 37.6 Å². The summed E-state index contributed by atoms with van der Waals surface area (Å²) in [7, 11) is 0. The second kappa shape index (κ2) is 9.29. The van der Waals surface area contributed by atoms with E-state index in [1.54, 1.807) is 6.20 Å². The van der Waals surface area contributed by atoms with Gasteiger partial charge in [-0.05, 0) is 32.3 Å². The van der Waals surface area contributed by atoms with Gasteiger partial charge < -0.3 is 9.32 Å². The monoisotopic (exact) mass is 416 g/mol. The molecule has 0 bridgehead atoms. The number of likely N-dealkylation sites (tertiary alicyclic amines) is 1. The van der Waals surface area contributed by atoms with Crippen LogP contribution in [-0.2, 0) is 11.2 Å². The number of carbonyl (C=O) groups excluding carboxylic acids is 2. The van der Waals surface area contributed by atoms with E-state index >= 15 is 0 Å². The minimum Gasteiger partial charge on any atom is -0.441 e. The summed E-state index contributed by atoms with van der Waals surface area (Å²) in [5, 5.41) is 0. The van der Waals surface area contributed by atoms with E-state index in [0.717, 1.165) is 35.1 Å². The van der Waals surface area contributed by atoms with Crippen LogP contribution >= 0.6 is 0 Å². The quantitative estimate of drug-likeness (QED) is 0.530. The van der Waals surface area contributed by atoms with Crippen LogP contribution in [0.3, 0.4) is 0 Å². The first-order chi connectivity index (χ1) is 15.0. The molecule has 5 heteroatoms. The number of nitrogens with zero attached hydrogens (tertiary/aromatic N) is 2. The van der Waals surface area contributed by atoms with Crippen LogP contribution in [-0.4, -0.2) is 34.7 Å². The normalized spacial score (nSPS) is 14.6. The fourth-order valence-corrected chi connectivity index (χ4v) is 4.23. The average molecular weight is 417 g/mol. The average Bonchev–Trinajstić information content (AvgIpc) is 3.27. The Morgan fingerprint density at radius 1 is 1.06 bits per heavy atom. The maximum atomic E-state index is 12.9. The number of aryl methyl sites for hydroxylation is 3. The molecule has 160 valence electrons. The van der Waals surface area contributed by atoms with Crippen molar-refractivity contribution in [3.63, 3.8) is 0 Å². The van der Waals surface area contributed by atoms with Gasteiger partial charge in [0.25, 0.3) is 0 Å². The smallest absolute Gasteiger partial charge is 0.223 e. The molecular weight excluding hydrogens is 388 g/mol. The molecule has 0 N–H and O–H groups in total. The Labute approximate surface area is 183 Å². The molecule has 1 aromatic heterocycles. The SMILES string of the molecule is Cc1ccc(C(=O)C2CCN(C(=O)CCc3ncc(-c4ccccc4)o3)CC2)c(C)c1. The fraction of sp³-hybridized carbons (Fsp3) is 0.346. The van der Waals surface area contributed by atoms with E-state index in [4.69, 9.17) is 4.42 Å². The van der Waals surface area contributed by atoms with Crippen molar-refractivity contribution in [3.8, 4) is 11.3 Å². The van der Waals surface area contributed by atoms with Crippen LogP contribution in [0.25, 0.3) is 11.3 Å². The van der Waals surface area contributed by atoms with E-state index < -0.39 is 0 Å². The van der Waals surface area contributed by atoms with Gasteiger partial charge in [0.1, 0.15) is 0 Å². The first-order valence-electron chi connectivity index (χ1n) is 10.9. The third-order valence-corrected chi connectivity index (χ3v) is 6.03. The summed E-state index contributed by atoms with van der Waals surface area (Å²) in [5.74, 6) is 1.58. The van der Waals surface area contributed by atoms with E-state index in [-0.39, 0.29) is 17.6 Å². The summed E-state index contributed by atoms with van der Waals surface area (Å²) in [5.41, 5.74) is 3.98. The lowest BCUT2D eigenvalue weighted by molar-refractivity contribution is -0.132. The Kier molecular flexibility index (Phi) is 6.31. The molecular formula is C26H28N2O3. The number of piperidine rings is 1. The van der Waals surface area contributed by atoms with Crippen LogP contribution in [0, 0.1) is 19.8 Å². The van der Waals surface area contributed by atoms with Gasteiger partial charge in [0.05, 0.1) is 6.20 Å². The number of hydrogen-bond acceptors (Lipinski definition) is 4. The number of rotatable bonds is 6. The highest BCUT2D eigenvalue weighted by molar-refractivity contribution is 5.99. The molecule has 1 fully saturated rings. The molecule has 2 heterocycles. The number of oxazole rings is 1. The summed E-state index contributed by atoms with van der Waals surface area (Å²) in [4.78, 5) is 31.8. The van der Waals surface area contributed by atoms with Gasteiger partial charge in [0.15, 0.2) is 17.4 Å². The molecule has 0 unspecified atom stereocenters. The van der Waals surface area contributed by atoms with Crippen molar-refractivity contribution < 1.29 is 14.0 Å². The molecule has 4 rings (SSSR count). The number of Topliss-reactive ketones (excluding diaryl/α,β-unsaturated/α-hetero) is 1. The number of aromatic nitrogens is 1. The lowest BCUT2D eigenvalue weighted by atomic mass is 9.87. The highest BCUT2D eigenvalue weighted by atomic mass is 16.4. The molecule has 0 radical (unpaired) electrons. The van der Waals surface area contributed by atoms with E-state index in [1.165, 1.54) is 0 Å². The van der Waals surface area contributed by atoms with Crippen molar-refractivity contribution in [2.75, 3.05) is 13.1 Å². The molecule has 0 spiro atoms. The summed E-state index contributed by atoms with van der Waals surface area (Å²) in [6.07, 6.45) is 3.99. The molecule has 31 heavy (non-hydrogen) atoms. The Morgan fingerprint density at radius 3 is 2.52 bits per heavy atom. The molecule has 3 aromatic rings. The van der Waals surface area contributed by atoms with Gasteiger partial charge in [-0.25, -0.2) is 4.98 Å². The summed E-state index contributed by atoms with van der Waals surface area (Å²) < 4.78 is 5.80. The minimum absolute atomic E-state index is 0.00868. The summed E-state index contributed by atoms with van der Waals surface area (Å²) in [6, 6.07) is 15.8. The van der Waals surface area contributed by atoms with Crippen molar-refractivity contribution in [2.45, 2.75) is 39.5 Å². The van der Waals surface area contributed by atoms with Gasteiger partial charge in [-0.2, -0.15) is 0 Å². The van der Waals surface area contributed by atoms with Gasteiger partial charge >= 0.3 is 0 Å². The van der Waals surface area contributed by atoms with Crippen LogP contribution in [0.1, 0.15) is 46.6 Å². The standard InChI is InChI=1S/C26H28N2O3/c1-18-8-9-22(19(2)16-18)26(30)21-12-14-28(15-13-21)25(29)11-10-24-27-17-23(31-24)20-6-4-3-5-7-20/h3-9,16-17,21H,10-15H2,1-2H3. The van der Waals surface area contributed by atoms with Crippen LogP contribution < -0.4 is 0 Å². The van der Waals surface area contributed by atoms with Crippen LogP contribution in [0.2, 0.25) is 0 Å². The van der Waals surface area contributed by atoms with Gasteiger partial charge in [-0.1, -0.05) is 54.1 Å². The Hall–Kier alpha value is -3.21. The molecule has 1 aliphatic rings. The Morgan fingerprint density at radius 2 is 1.81 bits per heavy atom. The number of ketones is 1. The third kappa shape index (κ3) is 4.93. The molecule has 0 saturated carbocycles. The van der Waals surface area contributed by atoms with E-state index in [2.05, 4.69) is 11.1 Å². The molecule has 5 nitrogen and oxygen atoms in total. The maximum absolute atomic E-state index is 12.9. The zero-order valence-corrected chi connectivity index (χ0v) is 18.1. The van der Waals surface area contributed by atoms with Gasteiger partial charge in [-0.3, -0.25) is 9.59 Å². The highest BCUT2D eigenvalue weighted by Crippen LogP contribution is 2.25. The van der Waals surface area contributed by atoms with Crippen molar-refractivity contribution in [1.82, 2.24) is 9.88 Å². The number of amides is 1. The topological polar surface area (TPSA) is 63.4 Å². The maximum Gasteiger partial charge on any atom is 0.223 e. The summed E-state index contributed by atoms with van der Waals surface area (Å²) in [6.45, 7) is 5.28. The number of hydrogen-bond donors (Lipinski definition) is 0. The fourth-order valence-electron chi connectivity index (χ4n) is 4.23. The molecule has 0 atom stereocenters. The van der Waals surface area contributed by atoms with Crippen LogP contribution in [0.4, 0.5) is 0 Å². The lowest BCUT2D eigenvalue weighted by Gasteiger charge is -2.31. The predicted octanol–water partition coefficient (Wildman–Crippen LogP) is 5.01. The van der Waals surface area contributed by atoms with Crippen LogP contribution in [0.15, 0.2) is 59.1 Å². The van der Waals surface area contributed by atoms with E-state index in [1.807, 2.05) is 61.2 Å². The number of carbonyl (C=O) groups is 2. The van der Waals surface area contributed by atoms with Gasteiger partial charge in [-0.15, -0.1) is 0 Å². The van der Waals surface area contributed by atoms with Crippen molar-refractivity contribution in [2.24, 2.45) is 5.92 Å². The summed E-state index contributed by atoms with van der Waals surface area (Å²) >= 11 is 0. The van der Waals surface area contributed by atoms with Gasteiger partial charge in [0.2, 0.25) is 5.91 Å². The Bertz CT molecular complexity index is 1060. The van der Waals surface area contributed by atoms with Crippen molar-refractivity contribution in [3.05, 3.63) is 77.3 Å². The molecule has 1 saturated heterocycles. The zero-order chi connectivity index (χ0) is 21.8. The van der Waals surface area contributed by atoms with E-state index in [9.17, 15) is 9.59 Å². The van der Waals surface area contributed by atoms with Gasteiger partial charge in [0, 0.05) is 43.0 Å². The largest absolute Gasteiger partial charge is 0.441 e. The third-order valence-electron chi connectivity index (χ3n) is 6.03. The number of benzene rings is 2. The molecule has 1 aliphatic heterocycles. The van der Waals surface area contributed by atoms with Crippen LogP contribution in [0.5, 0.6) is 0 Å². The second-order valence-electron chi connectivity index (χ2n) is 8.32. The molecule has 1 amide bonds. The highest BCUT2D eigenvalue weighted by Gasteiger charge is 2.28. The second-order valence-corrected chi connectivity index (χ2v) is 8.32. The first-order valence-corrected chi connectivity index (χ1v) is 10.9. The van der Waals surface area contributed by atoms with Crippen molar-refractivity contribution in [1.29, 1.82) is 0 Å². The molecule has 2 aromatic carbocycles. The molecule has 0 aliphatic carbocycles. The lowest BCUT2D eigenvalue weighted by Crippen LogP contribution is -2.40. The predicted molar refractivity (Wildman–Crippen MR) is 120 cm³/mol. The zero-order valence-electron chi connectivity index (χ0n) is 18.1. The Balaban J connectivity index is 1.28. The minimum atomic E-state index is -0.00868. The van der Waals surface area contributed by atoms with Crippen molar-refractivity contribution >= 4 is 11.7 Å².